The molecule has 0 radical (unpaired) electrons. The Balaban J connectivity index is 0.00000264. The van der Waals surface area contributed by atoms with Crippen LogP contribution in [0.3, 0.4) is 0 Å². The second-order valence-corrected chi connectivity index (χ2v) is 7.21. The molecule has 130 valence electrons. The molecule has 0 aromatic heterocycles. The lowest BCUT2D eigenvalue weighted by Crippen LogP contribution is -2.30. The van der Waals surface area contributed by atoms with Gasteiger partial charge in [-0.05, 0) is 44.0 Å². The van der Waals surface area contributed by atoms with Gasteiger partial charge in [-0.1, -0.05) is 12.1 Å². The molecule has 3 N–H and O–H groups in total. The lowest BCUT2D eigenvalue weighted by Gasteiger charge is -2.07. The molecule has 8 heteroatoms. The maximum atomic E-state index is 12.0. The second kappa shape index (κ2) is 9.22. The van der Waals surface area contributed by atoms with Crippen molar-refractivity contribution >= 4 is 28.3 Å². The van der Waals surface area contributed by atoms with E-state index in [0.29, 0.717) is 19.4 Å². The summed E-state index contributed by atoms with van der Waals surface area (Å²) in [7, 11) is -1.56. The zero-order valence-electron chi connectivity index (χ0n) is 13.2. The first-order valence-electron chi connectivity index (χ1n) is 7.54. The van der Waals surface area contributed by atoms with Crippen LogP contribution in [0.25, 0.3) is 0 Å². The standard InChI is InChI=1S/C15H23N3O3S.ClH/c1-16-10-11-17-15(19)9-4-12-2-7-14(8-3-12)22(20,21)18-13-5-6-13;/h2-3,7-8,13,16,18H,4-6,9-11H2,1H3,(H,17,19);1H. The van der Waals surface area contributed by atoms with Gasteiger partial charge in [0.15, 0.2) is 0 Å². The number of rotatable bonds is 9. The quantitative estimate of drug-likeness (QED) is 0.568. The van der Waals surface area contributed by atoms with E-state index in [0.717, 1.165) is 24.9 Å². The molecule has 1 fully saturated rings. The first kappa shape index (κ1) is 19.9. The number of hydrogen-bond donors (Lipinski definition) is 3. The summed E-state index contributed by atoms with van der Waals surface area (Å²) >= 11 is 0. The van der Waals surface area contributed by atoms with Gasteiger partial charge in [0, 0.05) is 25.6 Å². The predicted octanol–water partition coefficient (Wildman–Crippen LogP) is 0.817. The number of hydrogen-bond acceptors (Lipinski definition) is 4. The smallest absolute Gasteiger partial charge is 0.240 e. The Labute approximate surface area is 143 Å². The van der Waals surface area contributed by atoms with E-state index in [1.165, 1.54) is 0 Å². The van der Waals surface area contributed by atoms with Crippen LogP contribution in [0.1, 0.15) is 24.8 Å². The van der Waals surface area contributed by atoms with Crippen molar-refractivity contribution in [3.8, 4) is 0 Å². The van der Waals surface area contributed by atoms with E-state index >= 15 is 0 Å². The van der Waals surface area contributed by atoms with E-state index in [1.807, 2.05) is 7.05 Å². The average molecular weight is 362 g/mol. The first-order valence-corrected chi connectivity index (χ1v) is 9.02. The number of benzene rings is 1. The van der Waals surface area contributed by atoms with Crippen LogP contribution in [0.5, 0.6) is 0 Å². The molecule has 1 aromatic rings. The van der Waals surface area contributed by atoms with Crippen LogP contribution in [0.2, 0.25) is 0 Å². The summed E-state index contributed by atoms with van der Waals surface area (Å²) in [6.07, 6.45) is 2.83. The van der Waals surface area contributed by atoms with E-state index in [4.69, 9.17) is 0 Å². The number of aryl methyl sites for hydroxylation is 1. The van der Waals surface area contributed by atoms with Crippen LogP contribution in [0, 0.1) is 0 Å². The molecule has 1 aromatic carbocycles. The van der Waals surface area contributed by atoms with Gasteiger partial charge < -0.3 is 10.6 Å². The monoisotopic (exact) mass is 361 g/mol. The highest BCUT2D eigenvalue weighted by atomic mass is 35.5. The normalized spacial score (nSPS) is 14.1. The number of carbonyl (C=O) groups is 1. The van der Waals surface area contributed by atoms with E-state index in [2.05, 4.69) is 15.4 Å². The van der Waals surface area contributed by atoms with Crippen LogP contribution in [0.4, 0.5) is 0 Å². The third kappa shape index (κ3) is 6.87. The van der Waals surface area contributed by atoms with Gasteiger partial charge in [-0.2, -0.15) is 0 Å². The summed E-state index contributed by atoms with van der Waals surface area (Å²) in [4.78, 5) is 11.9. The fraction of sp³-hybridized carbons (Fsp3) is 0.533. The van der Waals surface area contributed by atoms with Gasteiger partial charge in [0.05, 0.1) is 4.90 Å². The van der Waals surface area contributed by atoms with Gasteiger partial charge in [-0.15, -0.1) is 12.4 Å². The topological polar surface area (TPSA) is 87.3 Å². The van der Waals surface area contributed by atoms with Crippen molar-refractivity contribution in [2.24, 2.45) is 0 Å². The third-order valence-corrected chi connectivity index (χ3v) is 5.01. The van der Waals surface area contributed by atoms with Gasteiger partial charge in [0.1, 0.15) is 0 Å². The first-order chi connectivity index (χ1) is 10.5. The molecule has 0 saturated heterocycles. The molecule has 0 atom stereocenters. The second-order valence-electron chi connectivity index (χ2n) is 5.49. The van der Waals surface area contributed by atoms with Gasteiger partial charge >= 0.3 is 0 Å². The molecule has 0 unspecified atom stereocenters. The predicted molar refractivity (Wildman–Crippen MR) is 92.3 cm³/mol. The third-order valence-electron chi connectivity index (χ3n) is 3.47. The minimum Gasteiger partial charge on any atom is -0.355 e. The largest absolute Gasteiger partial charge is 0.355 e. The summed E-state index contributed by atoms with van der Waals surface area (Å²) in [6.45, 7) is 1.35. The lowest BCUT2D eigenvalue weighted by atomic mass is 10.1. The van der Waals surface area contributed by atoms with Crippen LogP contribution in [-0.4, -0.2) is 40.5 Å². The van der Waals surface area contributed by atoms with Crippen LogP contribution < -0.4 is 15.4 Å². The molecule has 1 saturated carbocycles. The van der Waals surface area contributed by atoms with Gasteiger partial charge in [0.2, 0.25) is 15.9 Å². The molecule has 23 heavy (non-hydrogen) atoms. The van der Waals surface area contributed by atoms with Gasteiger partial charge in [0.25, 0.3) is 0 Å². The lowest BCUT2D eigenvalue weighted by molar-refractivity contribution is -0.121. The number of nitrogens with one attached hydrogen (secondary N) is 3. The Kier molecular flexibility index (Phi) is 7.98. The van der Waals surface area contributed by atoms with Crippen molar-refractivity contribution in [3.05, 3.63) is 29.8 Å². The highest BCUT2D eigenvalue weighted by molar-refractivity contribution is 7.89. The Morgan fingerprint density at radius 3 is 2.39 bits per heavy atom. The maximum absolute atomic E-state index is 12.0. The van der Waals surface area contributed by atoms with Crippen molar-refractivity contribution < 1.29 is 13.2 Å². The Morgan fingerprint density at radius 2 is 1.83 bits per heavy atom. The summed E-state index contributed by atoms with van der Waals surface area (Å²) in [6, 6.07) is 6.83. The molecule has 1 aliphatic rings. The molecule has 6 nitrogen and oxygen atoms in total. The average Bonchev–Trinajstić information content (AvgIpc) is 3.29. The fourth-order valence-electron chi connectivity index (χ4n) is 2.00. The number of sulfonamides is 1. The highest BCUT2D eigenvalue weighted by Gasteiger charge is 2.27. The molecular formula is C15H24ClN3O3S. The number of halogens is 1. The zero-order valence-corrected chi connectivity index (χ0v) is 14.8. The molecular weight excluding hydrogens is 338 g/mol. The molecule has 2 rings (SSSR count). The van der Waals surface area contributed by atoms with Crippen molar-refractivity contribution in [2.45, 2.75) is 36.6 Å². The molecule has 1 amide bonds. The number of amides is 1. The van der Waals surface area contributed by atoms with Crippen LogP contribution >= 0.6 is 12.4 Å². The van der Waals surface area contributed by atoms with Crippen molar-refractivity contribution in [1.82, 2.24) is 15.4 Å². The van der Waals surface area contributed by atoms with Crippen LogP contribution in [-0.2, 0) is 21.2 Å². The Hall–Kier alpha value is -1.15. The summed E-state index contributed by atoms with van der Waals surface area (Å²) in [5.74, 6) is 0.00217. The maximum Gasteiger partial charge on any atom is 0.240 e. The van der Waals surface area contributed by atoms with Crippen molar-refractivity contribution in [3.63, 3.8) is 0 Å². The molecule has 0 aliphatic heterocycles. The van der Waals surface area contributed by atoms with E-state index < -0.39 is 10.0 Å². The van der Waals surface area contributed by atoms with E-state index in [9.17, 15) is 13.2 Å². The van der Waals surface area contributed by atoms with E-state index in [1.54, 1.807) is 24.3 Å². The highest BCUT2D eigenvalue weighted by Crippen LogP contribution is 2.22. The fourth-order valence-corrected chi connectivity index (χ4v) is 3.30. The Bertz CT molecular complexity index is 601. The summed E-state index contributed by atoms with van der Waals surface area (Å²) < 4.78 is 26.7. The number of carbonyl (C=O) groups excluding carboxylic acids is 1. The van der Waals surface area contributed by atoms with Gasteiger partial charge in [-0.3, -0.25) is 4.79 Å². The zero-order chi connectivity index (χ0) is 16.0. The molecule has 0 heterocycles. The molecule has 1 aliphatic carbocycles. The van der Waals surface area contributed by atoms with E-state index in [-0.39, 0.29) is 29.3 Å². The minimum atomic E-state index is -3.40. The van der Waals surface area contributed by atoms with Crippen LogP contribution in [0.15, 0.2) is 29.2 Å². The van der Waals surface area contributed by atoms with Gasteiger partial charge in [-0.25, -0.2) is 13.1 Å². The van der Waals surface area contributed by atoms with Crippen molar-refractivity contribution in [1.29, 1.82) is 0 Å². The molecule has 0 spiro atoms. The number of likely N-dealkylation sites (N-methyl/N-ethyl adjacent to an activating group) is 1. The minimum absolute atomic E-state index is 0. The SMILES string of the molecule is CNCCNC(=O)CCc1ccc(S(=O)(=O)NC2CC2)cc1.Cl. The molecule has 0 bridgehead atoms. The van der Waals surface area contributed by atoms with Crippen molar-refractivity contribution in [2.75, 3.05) is 20.1 Å². The summed E-state index contributed by atoms with van der Waals surface area (Å²) in [5, 5.41) is 5.77. The Morgan fingerprint density at radius 1 is 1.17 bits per heavy atom. The summed E-state index contributed by atoms with van der Waals surface area (Å²) in [5.41, 5.74) is 0.953.